The SMILES string of the molecule is CCOC(=O)N1CCN(C(=O)CN2c3ccc(CC)cc3-c3ccccc3S2(=O)=O)CC1. The fraction of sp³-hybridized carbons (Fsp3) is 0.391. The molecule has 2 aliphatic rings. The van der Waals surface area contributed by atoms with Gasteiger partial charge in [0.25, 0.3) is 10.0 Å². The van der Waals surface area contributed by atoms with Gasteiger partial charge in [-0.25, -0.2) is 13.2 Å². The first kappa shape index (κ1) is 22.1. The topological polar surface area (TPSA) is 87.2 Å². The maximum absolute atomic E-state index is 13.4. The third-order valence-corrected chi connectivity index (χ3v) is 7.74. The number of benzene rings is 2. The van der Waals surface area contributed by atoms with Crippen LogP contribution in [0.1, 0.15) is 19.4 Å². The number of hydrogen-bond acceptors (Lipinski definition) is 5. The van der Waals surface area contributed by atoms with Crippen LogP contribution in [0.15, 0.2) is 47.4 Å². The van der Waals surface area contributed by atoms with E-state index in [0.29, 0.717) is 44.0 Å². The van der Waals surface area contributed by atoms with E-state index >= 15 is 0 Å². The van der Waals surface area contributed by atoms with Crippen molar-refractivity contribution in [2.24, 2.45) is 0 Å². The van der Waals surface area contributed by atoms with Gasteiger partial charge >= 0.3 is 6.09 Å². The fourth-order valence-electron chi connectivity index (χ4n) is 4.14. The van der Waals surface area contributed by atoms with Crippen molar-refractivity contribution >= 4 is 27.7 Å². The first-order valence-electron chi connectivity index (χ1n) is 10.8. The summed E-state index contributed by atoms with van der Waals surface area (Å²) in [6.07, 6.45) is 0.432. The van der Waals surface area contributed by atoms with E-state index in [2.05, 4.69) is 0 Å². The highest BCUT2D eigenvalue weighted by molar-refractivity contribution is 7.93. The molecule has 32 heavy (non-hydrogen) atoms. The van der Waals surface area contributed by atoms with Crippen molar-refractivity contribution < 1.29 is 22.7 Å². The van der Waals surface area contributed by atoms with Gasteiger partial charge in [0.15, 0.2) is 0 Å². The van der Waals surface area contributed by atoms with Crippen molar-refractivity contribution in [3.05, 3.63) is 48.0 Å². The molecule has 0 saturated carbocycles. The molecule has 0 aromatic heterocycles. The maximum atomic E-state index is 13.4. The van der Waals surface area contributed by atoms with E-state index in [9.17, 15) is 18.0 Å². The minimum atomic E-state index is -3.88. The van der Waals surface area contributed by atoms with Gasteiger partial charge in [-0.3, -0.25) is 9.10 Å². The molecule has 1 fully saturated rings. The third kappa shape index (κ3) is 3.92. The van der Waals surface area contributed by atoms with Crippen LogP contribution in [0.3, 0.4) is 0 Å². The number of piperazine rings is 1. The Hall–Kier alpha value is -3.07. The number of anilines is 1. The largest absolute Gasteiger partial charge is 0.450 e. The van der Waals surface area contributed by atoms with E-state index in [4.69, 9.17) is 4.74 Å². The second kappa shape index (κ2) is 8.82. The Bertz CT molecular complexity index is 1140. The molecule has 0 radical (unpaired) electrons. The highest BCUT2D eigenvalue weighted by atomic mass is 32.2. The molecule has 2 amide bonds. The quantitative estimate of drug-likeness (QED) is 0.705. The second-order valence-electron chi connectivity index (χ2n) is 7.78. The van der Waals surface area contributed by atoms with Gasteiger partial charge in [0.1, 0.15) is 6.54 Å². The van der Waals surface area contributed by atoms with Crippen molar-refractivity contribution in [1.82, 2.24) is 9.80 Å². The summed E-state index contributed by atoms with van der Waals surface area (Å²) >= 11 is 0. The molecular formula is C23H27N3O5S. The van der Waals surface area contributed by atoms with Gasteiger partial charge in [-0.1, -0.05) is 31.2 Å². The average Bonchev–Trinajstić information content (AvgIpc) is 2.81. The Balaban J connectivity index is 1.59. The standard InChI is InChI=1S/C23H27N3O5S/c1-3-17-9-10-20-19(15-17)18-7-5-6-8-21(18)32(29,30)26(20)16-22(27)24-11-13-25(14-12-24)23(28)31-4-2/h5-10,15H,3-4,11-14,16H2,1-2H3. The highest BCUT2D eigenvalue weighted by Gasteiger charge is 2.37. The molecule has 8 nitrogen and oxygen atoms in total. The lowest BCUT2D eigenvalue weighted by molar-refractivity contribution is -0.131. The van der Waals surface area contributed by atoms with Crippen LogP contribution in [0.4, 0.5) is 10.5 Å². The van der Waals surface area contributed by atoms with E-state index in [1.807, 2.05) is 25.1 Å². The van der Waals surface area contributed by atoms with Crippen molar-refractivity contribution in [2.75, 3.05) is 43.6 Å². The van der Waals surface area contributed by atoms with Crippen LogP contribution in [0.2, 0.25) is 0 Å². The number of ether oxygens (including phenoxy) is 1. The lowest BCUT2D eigenvalue weighted by Crippen LogP contribution is -2.53. The van der Waals surface area contributed by atoms with E-state index in [1.54, 1.807) is 41.0 Å². The van der Waals surface area contributed by atoms with Gasteiger partial charge in [0, 0.05) is 37.3 Å². The van der Waals surface area contributed by atoms with Crippen molar-refractivity contribution in [3.8, 4) is 11.1 Å². The summed E-state index contributed by atoms with van der Waals surface area (Å²) < 4.78 is 33.1. The van der Waals surface area contributed by atoms with Crippen LogP contribution in [0.5, 0.6) is 0 Å². The van der Waals surface area contributed by atoms with Gasteiger partial charge in [-0.05, 0) is 37.1 Å². The fourth-order valence-corrected chi connectivity index (χ4v) is 5.79. The Morgan fingerprint density at radius 3 is 2.31 bits per heavy atom. The number of nitrogens with zero attached hydrogens (tertiary/aromatic N) is 3. The summed E-state index contributed by atoms with van der Waals surface area (Å²) in [5, 5.41) is 0. The molecule has 2 aromatic rings. The van der Waals surface area contributed by atoms with Crippen LogP contribution < -0.4 is 4.31 Å². The molecule has 0 spiro atoms. The molecule has 9 heteroatoms. The Kier molecular flexibility index (Phi) is 6.10. The van der Waals surface area contributed by atoms with E-state index in [-0.39, 0.29) is 17.3 Å². The second-order valence-corrected chi connectivity index (χ2v) is 9.61. The predicted molar refractivity (Wildman–Crippen MR) is 121 cm³/mol. The predicted octanol–water partition coefficient (Wildman–Crippen LogP) is 2.73. The lowest BCUT2D eigenvalue weighted by atomic mass is 9.99. The Labute approximate surface area is 188 Å². The Morgan fingerprint density at radius 2 is 1.62 bits per heavy atom. The monoisotopic (exact) mass is 457 g/mol. The molecule has 0 bridgehead atoms. The van der Waals surface area contributed by atoms with Gasteiger partial charge in [-0.2, -0.15) is 0 Å². The number of fused-ring (bicyclic) bond motifs is 3. The zero-order chi connectivity index (χ0) is 22.9. The summed E-state index contributed by atoms with van der Waals surface area (Å²) in [7, 11) is -3.88. The number of carbonyl (C=O) groups excluding carboxylic acids is 2. The van der Waals surface area contributed by atoms with Crippen LogP contribution in [0, 0.1) is 0 Å². The molecule has 2 aromatic carbocycles. The van der Waals surface area contributed by atoms with E-state index in [0.717, 1.165) is 17.5 Å². The highest BCUT2D eigenvalue weighted by Crippen LogP contribution is 2.43. The summed E-state index contributed by atoms with van der Waals surface area (Å²) in [5.41, 5.74) is 3.08. The zero-order valence-corrected chi connectivity index (χ0v) is 19.1. The zero-order valence-electron chi connectivity index (χ0n) is 18.3. The van der Waals surface area contributed by atoms with Crippen molar-refractivity contribution in [1.29, 1.82) is 0 Å². The number of amides is 2. The Morgan fingerprint density at radius 1 is 0.938 bits per heavy atom. The van der Waals surface area contributed by atoms with Gasteiger partial charge in [0.2, 0.25) is 5.91 Å². The third-order valence-electron chi connectivity index (χ3n) is 5.92. The number of rotatable bonds is 4. The molecule has 1 saturated heterocycles. The molecular weight excluding hydrogens is 430 g/mol. The number of carbonyl (C=O) groups is 2. The number of hydrogen-bond donors (Lipinski definition) is 0. The van der Waals surface area contributed by atoms with Crippen LogP contribution in [-0.2, 0) is 26.0 Å². The summed E-state index contributed by atoms with van der Waals surface area (Å²) in [6.45, 7) is 5.20. The minimum Gasteiger partial charge on any atom is -0.450 e. The molecule has 0 atom stereocenters. The first-order chi connectivity index (χ1) is 15.4. The molecule has 2 aliphatic heterocycles. The van der Waals surface area contributed by atoms with Gasteiger partial charge in [0.05, 0.1) is 17.2 Å². The lowest BCUT2D eigenvalue weighted by Gasteiger charge is -2.36. The molecule has 2 heterocycles. The van der Waals surface area contributed by atoms with E-state index < -0.39 is 16.1 Å². The van der Waals surface area contributed by atoms with Gasteiger partial charge < -0.3 is 14.5 Å². The van der Waals surface area contributed by atoms with Crippen molar-refractivity contribution in [3.63, 3.8) is 0 Å². The van der Waals surface area contributed by atoms with Crippen LogP contribution in [-0.4, -0.2) is 69.5 Å². The molecule has 4 rings (SSSR count). The summed E-state index contributed by atoms with van der Waals surface area (Å²) in [4.78, 5) is 28.4. The van der Waals surface area contributed by atoms with E-state index in [1.165, 1.54) is 4.31 Å². The molecule has 170 valence electrons. The summed E-state index contributed by atoms with van der Waals surface area (Å²) in [6, 6.07) is 12.6. The maximum Gasteiger partial charge on any atom is 0.409 e. The first-order valence-corrected chi connectivity index (χ1v) is 12.2. The molecule has 0 aliphatic carbocycles. The molecule has 0 unspecified atom stereocenters. The van der Waals surface area contributed by atoms with Gasteiger partial charge in [-0.15, -0.1) is 0 Å². The van der Waals surface area contributed by atoms with Crippen LogP contribution in [0.25, 0.3) is 11.1 Å². The smallest absolute Gasteiger partial charge is 0.409 e. The molecule has 0 N–H and O–H groups in total. The average molecular weight is 458 g/mol. The number of aryl methyl sites for hydroxylation is 1. The minimum absolute atomic E-state index is 0.209. The van der Waals surface area contributed by atoms with Crippen molar-refractivity contribution in [2.45, 2.75) is 25.2 Å². The van der Waals surface area contributed by atoms with Crippen LogP contribution >= 0.6 is 0 Å². The summed E-state index contributed by atoms with van der Waals surface area (Å²) in [5.74, 6) is -0.290. The number of sulfonamides is 1. The normalized spacial score (nSPS) is 16.9.